The summed E-state index contributed by atoms with van der Waals surface area (Å²) in [4.78, 5) is 0. The van der Waals surface area contributed by atoms with Crippen molar-refractivity contribution in [2.24, 2.45) is 0 Å². The minimum Gasteiger partial charge on any atom is -0.314 e. The molecule has 0 radical (unpaired) electrons. The van der Waals surface area contributed by atoms with E-state index in [0.29, 0.717) is 16.3 Å². The maximum atomic E-state index is 17.5. The molecule has 0 aliphatic heterocycles. The molecule has 0 aliphatic rings. The van der Waals surface area contributed by atoms with Crippen LogP contribution in [0.2, 0.25) is 39.3 Å². The number of hydrogen-bond acceptors (Lipinski definition) is 1. The van der Waals surface area contributed by atoms with Gasteiger partial charge in [0.25, 0.3) is 0 Å². The highest BCUT2D eigenvalue weighted by molar-refractivity contribution is 7.05. The third kappa shape index (κ3) is 5.37. The van der Waals surface area contributed by atoms with Crippen LogP contribution in [0.15, 0.2) is 42.5 Å². The standard InChI is InChI=1S/C30H43F2NSi3/c1-20-16-22(3)28(23(4)17-20)26-14-13-15-27(29-24(5)18-21(2)19-25(29)6)30(26)36(31,32)33(34(7,8)9)35(10,11)12/h13-19H,1-12H3. The summed E-state index contributed by atoms with van der Waals surface area (Å²) >= 11 is 0. The van der Waals surface area contributed by atoms with E-state index in [2.05, 4.69) is 105 Å². The van der Waals surface area contributed by atoms with Crippen LogP contribution in [0.3, 0.4) is 0 Å². The molecule has 0 aromatic heterocycles. The van der Waals surface area contributed by atoms with E-state index in [4.69, 9.17) is 0 Å². The van der Waals surface area contributed by atoms with E-state index in [1.54, 1.807) is 3.90 Å². The van der Waals surface area contributed by atoms with E-state index in [1.165, 1.54) is 0 Å². The first-order valence-corrected chi connectivity index (χ1v) is 21.4. The molecule has 3 rings (SSSR count). The van der Waals surface area contributed by atoms with Crippen LogP contribution < -0.4 is 5.19 Å². The molecule has 0 aliphatic carbocycles. The fraction of sp³-hybridized carbons (Fsp3) is 0.400. The first-order chi connectivity index (χ1) is 16.4. The molecule has 0 saturated heterocycles. The second kappa shape index (κ2) is 9.78. The fourth-order valence-electron chi connectivity index (χ4n) is 6.46. The SMILES string of the molecule is Cc1cc(C)c(-c2cccc(-c3c(C)cc(C)cc3C)c2[Si](F)(F)N([Si](C)(C)C)[Si](C)(C)C)c(C)c1. The lowest BCUT2D eigenvalue weighted by Gasteiger charge is -2.47. The Hall–Kier alpha value is -1.87. The van der Waals surface area contributed by atoms with Crippen molar-refractivity contribution < 1.29 is 8.22 Å². The molecule has 1 nitrogen and oxygen atoms in total. The summed E-state index contributed by atoms with van der Waals surface area (Å²) in [6, 6.07) is 14.3. The monoisotopic (exact) mass is 539 g/mol. The van der Waals surface area contributed by atoms with Crippen molar-refractivity contribution in [2.45, 2.75) is 80.8 Å². The van der Waals surface area contributed by atoms with Gasteiger partial charge in [-0.05, 0) is 86.1 Å². The highest BCUT2D eigenvalue weighted by Gasteiger charge is 2.57. The Morgan fingerprint density at radius 1 is 0.556 bits per heavy atom. The Labute approximate surface area is 221 Å². The van der Waals surface area contributed by atoms with E-state index in [9.17, 15) is 0 Å². The smallest absolute Gasteiger partial charge is 0.314 e. The molecule has 0 bridgehead atoms. The quantitative estimate of drug-likeness (QED) is 0.223. The Bertz CT molecular complexity index is 1160. The van der Waals surface area contributed by atoms with Crippen LogP contribution in [0, 0.1) is 41.5 Å². The highest BCUT2D eigenvalue weighted by atomic mass is 28.5. The maximum Gasteiger partial charge on any atom is 0.528 e. The van der Waals surface area contributed by atoms with Gasteiger partial charge >= 0.3 is 8.90 Å². The van der Waals surface area contributed by atoms with Crippen LogP contribution in [-0.4, -0.2) is 29.3 Å². The van der Waals surface area contributed by atoms with Crippen LogP contribution in [0.1, 0.15) is 33.4 Å². The molecule has 0 amide bonds. The van der Waals surface area contributed by atoms with Gasteiger partial charge < -0.3 is 3.90 Å². The van der Waals surface area contributed by atoms with Gasteiger partial charge in [-0.15, -0.1) is 0 Å². The molecule has 0 heterocycles. The van der Waals surface area contributed by atoms with Crippen LogP contribution in [0.4, 0.5) is 8.22 Å². The lowest BCUT2D eigenvalue weighted by molar-refractivity contribution is 0.550. The van der Waals surface area contributed by atoms with Gasteiger partial charge in [0, 0.05) is 5.19 Å². The van der Waals surface area contributed by atoms with E-state index in [1.807, 2.05) is 18.2 Å². The van der Waals surface area contributed by atoms with E-state index < -0.39 is 25.4 Å². The normalized spacial score (nSPS) is 13.0. The minimum atomic E-state index is -5.10. The predicted molar refractivity (Wildman–Crippen MR) is 162 cm³/mol. The summed E-state index contributed by atoms with van der Waals surface area (Å²) in [7, 11) is -9.80. The van der Waals surface area contributed by atoms with Crippen molar-refractivity contribution in [3.05, 3.63) is 75.8 Å². The van der Waals surface area contributed by atoms with Crippen LogP contribution >= 0.6 is 0 Å². The van der Waals surface area contributed by atoms with Crippen LogP contribution in [0.25, 0.3) is 22.3 Å². The lowest BCUT2D eigenvalue weighted by atomic mass is 9.89. The molecule has 194 valence electrons. The average molecular weight is 540 g/mol. The number of rotatable bonds is 6. The van der Waals surface area contributed by atoms with Gasteiger partial charge in [0.1, 0.15) is 16.5 Å². The van der Waals surface area contributed by atoms with Gasteiger partial charge in [-0.25, -0.2) is 8.22 Å². The van der Waals surface area contributed by atoms with E-state index >= 15 is 8.22 Å². The molecule has 0 atom stereocenters. The first-order valence-electron chi connectivity index (χ1n) is 12.9. The highest BCUT2D eigenvalue weighted by Crippen LogP contribution is 2.39. The maximum absolute atomic E-state index is 17.5. The predicted octanol–water partition coefficient (Wildman–Crippen LogP) is 8.93. The Morgan fingerprint density at radius 2 is 0.861 bits per heavy atom. The van der Waals surface area contributed by atoms with Gasteiger partial charge in [0.05, 0.1) is 0 Å². The summed E-state index contributed by atoms with van der Waals surface area (Å²) in [6.07, 6.45) is 0. The molecule has 6 heteroatoms. The molecule has 3 aromatic carbocycles. The molecule has 0 N–H and O–H groups in total. The zero-order valence-electron chi connectivity index (χ0n) is 24.2. The Balaban J connectivity index is 2.56. The van der Waals surface area contributed by atoms with Gasteiger partial charge in [-0.1, -0.05) is 92.9 Å². The largest absolute Gasteiger partial charge is 0.528 e. The molecule has 0 spiro atoms. The van der Waals surface area contributed by atoms with Gasteiger partial charge in [-0.2, -0.15) is 0 Å². The van der Waals surface area contributed by atoms with E-state index in [0.717, 1.165) is 44.5 Å². The summed E-state index contributed by atoms with van der Waals surface area (Å²) in [5.41, 5.74) is 9.87. The van der Waals surface area contributed by atoms with Crippen molar-refractivity contribution >= 4 is 30.6 Å². The van der Waals surface area contributed by atoms with Gasteiger partial charge in [0.2, 0.25) is 0 Å². The number of benzene rings is 3. The molecular formula is C30H43F2NSi3. The van der Waals surface area contributed by atoms with E-state index in [-0.39, 0.29) is 0 Å². The third-order valence-electron chi connectivity index (χ3n) is 6.88. The third-order valence-corrected chi connectivity index (χ3v) is 21.0. The number of halogens is 2. The molecular weight excluding hydrogens is 497 g/mol. The summed E-state index contributed by atoms with van der Waals surface area (Å²) < 4.78 is 36.8. The van der Waals surface area contributed by atoms with Crippen LogP contribution in [-0.2, 0) is 0 Å². The fourth-order valence-corrected chi connectivity index (χ4v) is 23.2. The minimum absolute atomic E-state index is 0.292. The van der Waals surface area contributed by atoms with Crippen molar-refractivity contribution in [3.8, 4) is 22.3 Å². The van der Waals surface area contributed by atoms with Crippen LogP contribution in [0.5, 0.6) is 0 Å². The second-order valence-electron chi connectivity index (χ2n) is 12.5. The number of aryl methyl sites for hydroxylation is 6. The van der Waals surface area contributed by atoms with Crippen molar-refractivity contribution in [1.82, 2.24) is 3.90 Å². The summed E-state index contributed by atoms with van der Waals surface area (Å²) in [5.74, 6) is 0. The number of nitrogens with zero attached hydrogens (tertiary/aromatic N) is 1. The average Bonchev–Trinajstić information content (AvgIpc) is 2.63. The topological polar surface area (TPSA) is 3.24 Å². The van der Waals surface area contributed by atoms with Crippen molar-refractivity contribution in [1.29, 1.82) is 0 Å². The Kier molecular flexibility index (Phi) is 7.80. The molecule has 0 unspecified atom stereocenters. The summed E-state index contributed by atoms with van der Waals surface area (Å²) in [5, 5.41) is 0.292. The Morgan fingerprint density at radius 3 is 1.14 bits per heavy atom. The molecule has 0 saturated carbocycles. The molecule has 0 fully saturated rings. The molecule has 36 heavy (non-hydrogen) atoms. The van der Waals surface area contributed by atoms with Gasteiger partial charge in [0.15, 0.2) is 0 Å². The van der Waals surface area contributed by atoms with Gasteiger partial charge in [-0.3, -0.25) is 0 Å². The molecule has 3 aromatic rings. The van der Waals surface area contributed by atoms with Crippen molar-refractivity contribution in [2.75, 3.05) is 0 Å². The zero-order valence-corrected chi connectivity index (χ0v) is 27.2. The number of hydrogen-bond donors (Lipinski definition) is 0. The lowest BCUT2D eigenvalue weighted by Crippen LogP contribution is -2.73. The van der Waals surface area contributed by atoms with Crippen molar-refractivity contribution in [3.63, 3.8) is 0 Å². The second-order valence-corrected chi connectivity index (χ2v) is 25.4. The first kappa shape index (κ1) is 28.7. The summed E-state index contributed by atoms with van der Waals surface area (Å²) in [6.45, 7) is 24.9. The zero-order chi connectivity index (χ0) is 27.4.